The van der Waals surface area contributed by atoms with E-state index in [0.717, 1.165) is 49.4 Å². The van der Waals surface area contributed by atoms with Gasteiger partial charge in [0, 0.05) is 13.1 Å². The normalized spacial score (nSPS) is 13.2. The highest BCUT2D eigenvalue weighted by Crippen LogP contribution is 2.25. The molecular formula is C19H21NO3. The number of nitrogens with one attached hydrogen (secondary N) is 1. The zero-order valence-electron chi connectivity index (χ0n) is 13.0. The first-order valence-corrected chi connectivity index (χ1v) is 7.95. The molecule has 1 heterocycles. The van der Waals surface area contributed by atoms with Gasteiger partial charge in [0.2, 0.25) is 0 Å². The molecule has 4 heteroatoms. The summed E-state index contributed by atoms with van der Waals surface area (Å²) < 4.78 is 5.63. The smallest absolute Gasteiger partial charge is 0.307 e. The van der Waals surface area contributed by atoms with Crippen LogP contribution < -0.4 is 10.1 Å². The minimum Gasteiger partial charge on any atom is -0.493 e. The van der Waals surface area contributed by atoms with Crippen molar-refractivity contribution in [2.75, 3.05) is 6.61 Å². The van der Waals surface area contributed by atoms with Crippen LogP contribution in [0.25, 0.3) is 0 Å². The molecule has 0 fully saturated rings. The summed E-state index contributed by atoms with van der Waals surface area (Å²) in [5.41, 5.74) is 4.54. The lowest BCUT2D eigenvalue weighted by Gasteiger charge is -2.18. The van der Waals surface area contributed by atoms with Gasteiger partial charge >= 0.3 is 5.97 Å². The third kappa shape index (κ3) is 4.33. The molecule has 0 unspecified atom stereocenters. The fraction of sp³-hybridized carbons (Fsp3) is 0.316. The van der Waals surface area contributed by atoms with E-state index in [1.54, 1.807) is 0 Å². The highest BCUT2D eigenvalue weighted by Gasteiger charge is 2.10. The summed E-state index contributed by atoms with van der Waals surface area (Å²) in [7, 11) is 0. The Bertz CT molecular complexity index is 680. The highest BCUT2D eigenvalue weighted by molar-refractivity contribution is 5.70. The molecule has 23 heavy (non-hydrogen) atoms. The number of carbonyl (C=O) groups is 1. The molecule has 0 atom stereocenters. The number of hydrogen-bond donors (Lipinski definition) is 2. The molecule has 2 N–H and O–H groups in total. The predicted molar refractivity (Wildman–Crippen MR) is 88.6 cm³/mol. The first-order chi connectivity index (χ1) is 11.2. The van der Waals surface area contributed by atoms with Crippen molar-refractivity contribution in [3.63, 3.8) is 0 Å². The Balaban J connectivity index is 1.52. The summed E-state index contributed by atoms with van der Waals surface area (Å²) in [4.78, 5) is 10.7. The molecule has 0 radical (unpaired) electrons. The van der Waals surface area contributed by atoms with Gasteiger partial charge in [0.15, 0.2) is 0 Å². The maximum absolute atomic E-state index is 10.7. The van der Waals surface area contributed by atoms with E-state index < -0.39 is 5.97 Å². The topological polar surface area (TPSA) is 58.6 Å². The van der Waals surface area contributed by atoms with E-state index >= 15 is 0 Å². The van der Waals surface area contributed by atoms with Crippen LogP contribution in [0, 0.1) is 0 Å². The van der Waals surface area contributed by atoms with Crippen molar-refractivity contribution in [3.05, 3.63) is 64.7 Å². The maximum Gasteiger partial charge on any atom is 0.307 e. The zero-order valence-corrected chi connectivity index (χ0v) is 13.0. The second kappa shape index (κ2) is 7.29. The second-order valence-corrected chi connectivity index (χ2v) is 5.88. The third-order valence-electron chi connectivity index (χ3n) is 4.01. The molecular weight excluding hydrogens is 290 g/mol. The zero-order chi connectivity index (χ0) is 16.1. The van der Waals surface area contributed by atoms with Gasteiger partial charge in [0.25, 0.3) is 0 Å². The van der Waals surface area contributed by atoms with Crippen LogP contribution in [0.4, 0.5) is 0 Å². The number of aliphatic carboxylic acids is 1. The predicted octanol–water partition coefficient (Wildman–Crippen LogP) is 2.93. The average Bonchev–Trinajstić information content (AvgIpc) is 2.56. The fourth-order valence-electron chi connectivity index (χ4n) is 2.82. The molecule has 0 bridgehead atoms. The molecule has 3 rings (SSSR count). The quantitative estimate of drug-likeness (QED) is 0.861. The SMILES string of the molecule is O=C(O)Cc1ccc(CNCc2ccc3c(c2)CCCO3)cc1. The van der Waals surface area contributed by atoms with Crippen LogP contribution in [-0.2, 0) is 30.7 Å². The largest absolute Gasteiger partial charge is 0.493 e. The van der Waals surface area contributed by atoms with Crippen LogP contribution in [0.2, 0.25) is 0 Å². The van der Waals surface area contributed by atoms with Crippen molar-refractivity contribution in [1.29, 1.82) is 0 Å². The van der Waals surface area contributed by atoms with Gasteiger partial charge in [-0.1, -0.05) is 36.4 Å². The van der Waals surface area contributed by atoms with Gasteiger partial charge in [-0.3, -0.25) is 4.79 Å². The Kier molecular flexibility index (Phi) is 4.93. The van der Waals surface area contributed by atoms with Crippen molar-refractivity contribution in [3.8, 4) is 5.75 Å². The Hall–Kier alpha value is -2.33. The number of ether oxygens (including phenoxy) is 1. The molecule has 0 aromatic heterocycles. The molecule has 2 aromatic carbocycles. The van der Waals surface area contributed by atoms with Crippen molar-refractivity contribution in [1.82, 2.24) is 5.32 Å². The molecule has 0 spiro atoms. The van der Waals surface area contributed by atoms with E-state index in [-0.39, 0.29) is 6.42 Å². The van der Waals surface area contributed by atoms with Gasteiger partial charge in [-0.15, -0.1) is 0 Å². The minimum absolute atomic E-state index is 0.0743. The molecule has 1 aliphatic heterocycles. The maximum atomic E-state index is 10.7. The van der Waals surface area contributed by atoms with Crippen molar-refractivity contribution < 1.29 is 14.6 Å². The molecule has 0 amide bonds. The number of carboxylic acid groups (broad SMARTS) is 1. The molecule has 0 saturated carbocycles. The Morgan fingerprint density at radius 2 is 1.74 bits per heavy atom. The van der Waals surface area contributed by atoms with Crippen LogP contribution in [0.1, 0.15) is 28.7 Å². The molecule has 120 valence electrons. The van der Waals surface area contributed by atoms with Crippen LogP contribution in [0.5, 0.6) is 5.75 Å². The fourth-order valence-corrected chi connectivity index (χ4v) is 2.82. The van der Waals surface area contributed by atoms with Crippen LogP contribution in [0.3, 0.4) is 0 Å². The van der Waals surface area contributed by atoms with Crippen LogP contribution in [0.15, 0.2) is 42.5 Å². The standard InChI is InChI=1S/C19H21NO3/c21-19(22)11-14-3-5-15(6-4-14)12-20-13-16-7-8-18-17(10-16)2-1-9-23-18/h3-8,10,20H,1-2,9,11-13H2,(H,21,22). The minimum atomic E-state index is -0.799. The number of hydrogen-bond acceptors (Lipinski definition) is 3. The Morgan fingerprint density at radius 1 is 1.04 bits per heavy atom. The Labute approximate surface area is 136 Å². The second-order valence-electron chi connectivity index (χ2n) is 5.88. The van der Waals surface area contributed by atoms with Gasteiger partial charge < -0.3 is 15.2 Å². The van der Waals surface area contributed by atoms with E-state index in [1.165, 1.54) is 11.1 Å². The lowest BCUT2D eigenvalue weighted by molar-refractivity contribution is -0.136. The van der Waals surface area contributed by atoms with Gasteiger partial charge in [-0.05, 0) is 41.2 Å². The van der Waals surface area contributed by atoms with Crippen LogP contribution in [-0.4, -0.2) is 17.7 Å². The summed E-state index contributed by atoms with van der Waals surface area (Å²) in [5.74, 6) is 0.223. The van der Waals surface area contributed by atoms with Crippen molar-refractivity contribution in [2.24, 2.45) is 0 Å². The van der Waals surface area contributed by atoms with Crippen molar-refractivity contribution in [2.45, 2.75) is 32.4 Å². The van der Waals surface area contributed by atoms with E-state index in [9.17, 15) is 4.79 Å². The molecule has 0 aliphatic carbocycles. The number of rotatable bonds is 6. The van der Waals surface area contributed by atoms with Gasteiger partial charge in [0.05, 0.1) is 13.0 Å². The summed E-state index contributed by atoms with van der Waals surface area (Å²) in [5, 5.41) is 12.2. The highest BCUT2D eigenvalue weighted by atomic mass is 16.5. The molecule has 4 nitrogen and oxygen atoms in total. The number of aryl methyl sites for hydroxylation is 1. The summed E-state index contributed by atoms with van der Waals surface area (Å²) >= 11 is 0. The number of carboxylic acids is 1. The monoisotopic (exact) mass is 311 g/mol. The third-order valence-corrected chi connectivity index (χ3v) is 4.01. The van der Waals surface area contributed by atoms with Gasteiger partial charge in [-0.25, -0.2) is 0 Å². The van der Waals surface area contributed by atoms with Crippen LogP contribution >= 0.6 is 0 Å². The van der Waals surface area contributed by atoms with Crippen molar-refractivity contribution >= 4 is 5.97 Å². The Morgan fingerprint density at radius 3 is 2.52 bits per heavy atom. The number of benzene rings is 2. The van der Waals surface area contributed by atoms with Gasteiger partial charge in [-0.2, -0.15) is 0 Å². The summed E-state index contributed by atoms with van der Waals surface area (Å²) in [6, 6.07) is 14.1. The summed E-state index contributed by atoms with van der Waals surface area (Å²) in [6.45, 7) is 2.40. The van der Waals surface area contributed by atoms with E-state index in [0.29, 0.717) is 0 Å². The molecule has 0 saturated heterocycles. The van der Waals surface area contributed by atoms with Gasteiger partial charge in [0.1, 0.15) is 5.75 Å². The summed E-state index contributed by atoms with van der Waals surface area (Å²) in [6.07, 6.45) is 2.26. The molecule has 2 aromatic rings. The first-order valence-electron chi connectivity index (χ1n) is 7.95. The average molecular weight is 311 g/mol. The lowest BCUT2D eigenvalue weighted by atomic mass is 10.0. The first kappa shape index (κ1) is 15.6. The lowest BCUT2D eigenvalue weighted by Crippen LogP contribution is -2.14. The molecule has 1 aliphatic rings. The van der Waals surface area contributed by atoms with E-state index in [1.807, 2.05) is 24.3 Å². The number of fused-ring (bicyclic) bond motifs is 1. The van der Waals surface area contributed by atoms with E-state index in [2.05, 4.69) is 23.5 Å². The van der Waals surface area contributed by atoms with E-state index in [4.69, 9.17) is 9.84 Å².